The molecule has 0 unspecified atom stereocenters. The van der Waals surface area contributed by atoms with Crippen molar-refractivity contribution < 1.29 is 14.0 Å². The highest BCUT2D eigenvalue weighted by Crippen LogP contribution is 2.25. The normalized spacial score (nSPS) is 10.5. The zero-order valence-electron chi connectivity index (χ0n) is 11.2. The molecule has 0 atom stereocenters. The molecule has 1 aromatic heterocycles. The van der Waals surface area contributed by atoms with E-state index in [1.807, 2.05) is 31.2 Å². The van der Waals surface area contributed by atoms with Crippen LogP contribution < -0.4 is 15.2 Å². The van der Waals surface area contributed by atoms with Crippen molar-refractivity contribution in [2.75, 3.05) is 13.7 Å². The molecule has 2 aromatic rings. The molecule has 102 valence electrons. The lowest BCUT2D eigenvalue weighted by molar-refractivity contribution is 0.284. The van der Waals surface area contributed by atoms with Crippen molar-refractivity contribution in [3.63, 3.8) is 0 Å². The number of hydrogen-bond donors (Lipinski definition) is 1. The molecule has 19 heavy (non-hydrogen) atoms. The average molecular weight is 262 g/mol. The zero-order chi connectivity index (χ0) is 13.7. The summed E-state index contributed by atoms with van der Waals surface area (Å²) in [6, 6.07) is 7.54. The van der Waals surface area contributed by atoms with Crippen molar-refractivity contribution >= 4 is 0 Å². The molecule has 5 heteroatoms. The fourth-order valence-electron chi connectivity index (χ4n) is 1.81. The topological polar surface area (TPSA) is 70.5 Å². The predicted molar refractivity (Wildman–Crippen MR) is 71.3 cm³/mol. The summed E-state index contributed by atoms with van der Waals surface area (Å²) in [6.07, 6.45) is 0.740. The zero-order valence-corrected chi connectivity index (χ0v) is 11.2. The summed E-state index contributed by atoms with van der Waals surface area (Å²) < 4.78 is 16.0. The summed E-state index contributed by atoms with van der Waals surface area (Å²) in [4.78, 5) is 0. The molecule has 0 aliphatic heterocycles. The Labute approximate surface area is 112 Å². The lowest BCUT2D eigenvalue weighted by Gasteiger charge is -2.11. The molecule has 1 heterocycles. The number of nitrogens with zero attached hydrogens (tertiary/aromatic N) is 1. The number of hydrogen-bond acceptors (Lipinski definition) is 5. The van der Waals surface area contributed by atoms with E-state index in [0.29, 0.717) is 13.2 Å². The molecule has 0 amide bonds. The molecule has 0 fully saturated rings. The van der Waals surface area contributed by atoms with E-state index in [1.54, 1.807) is 7.11 Å². The second kappa shape index (κ2) is 6.24. The number of rotatable bonds is 6. The summed E-state index contributed by atoms with van der Waals surface area (Å²) >= 11 is 0. The third-order valence-electron chi connectivity index (χ3n) is 2.73. The first-order chi connectivity index (χ1) is 9.22. The largest absolute Gasteiger partial charge is 0.497 e. The first kappa shape index (κ1) is 13.4. The molecular formula is C14H18N2O3. The Kier molecular flexibility index (Phi) is 4.41. The van der Waals surface area contributed by atoms with Crippen molar-refractivity contribution in [1.29, 1.82) is 0 Å². The Hall–Kier alpha value is -2.01. The van der Waals surface area contributed by atoms with Crippen molar-refractivity contribution in [3.8, 4) is 11.5 Å². The Morgan fingerprint density at radius 1 is 1.32 bits per heavy atom. The van der Waals surface area contributed by atoms with E-state index in [1.165, 1.54) is 0 Å². The predicted octanol–water partition coefficient (Wildman–Crippen LogP) is 2.07. The maximum atomic E-state index is 5.75. The van der Waals surface area contributed by atoms with Crippen LogP contribution in [0.3, 0.4) is 0 Å². The number of methoxy groups -OCH3 is 1. The molecule has 0 saturated heterocycles. The lowest BCUT2D eigenvalue weighted by Crippen LogP contribution is -2.06. The highest BCUT2D eigenvalue weighted by molar-refractivity contribution is 5.40. The van der Waals surface area contributed by atoms with Gasteiger partial charge in [-0.05, 0) is 43.7 Å². The number of aromatic nitrogens is 1. The van der Waals surface area contributed by atoms with E-state index in [-0.39, 0.29) is 0 Å². The van der Waals surface area contributed by atoms with Crippen LogP contribution >= 0.6 is 0 Å². The molecule has 2 rings (SSSR count). The quantitative estimate of drug-likeness (QED) is 0.863. The van der Waals surface area contributed by atoms with Crippen LogP contribution in [0.4, 0.5) is 0 Å². The second-order valence-corrected chi connectivity index (χ2v) is 4.23. The Bertz CT molecular complexity index is 537. The molecule has 0 aliphatic rings. The summed E-state index contributed by atoms with van der Waals surface area (Å²) in [5, 5.41) is 3.89. The number of benzene rings is 1. The van der Waals surface area contributed by atoms with Crippen molar-refractivity contribution in [2.24, 2.45) is 5.73 Å². The van der Waals surface area contributed by atoms with Crippen LogP contribution in [-0.2, 0) is 13.0 Å². The minimum absolute atomic E-state index is 0.376. The van der Waals surface area contributed by atoms with Crippen molar-refractivity contribution in [3.05, 3.63) is 41.3 Å². The van der Waals surface area contributed by atoms with E-state index >= 15 is 0 Å². The van der Waals surface area contributed by atoms with Gasteiger partial charge < -0.3 is 19.7 Å². The van der Waals surface area contributed by atoms with E-state index in [4.69, 9.17) is 19.7 Å². The molecule has 0 spiro atoms. The SMILES string of the molecule is COc1ccc(OCc2cc(C)on2)c(CCN)c1. The van der Waals surface area contributed by atoms with Crippen LogP contribution in [0.1, 0.15) is 17.0 Å². The molecule has 5 nitrogen and oxygen atoms in total. The molecule has 2 N–H and O–H groups in total. The number of nitrogens with two attached hydrogens (primary N) is 1. The third kappa shape index (κ3) is 3.48. The molecule has 1 aromatic carbocycles. The highest BCUT2D eigenvalue weighted by Gasteiger charge is 2.07. The van der Waals surface area contributed by atoms with E-state index in [0.717, 1.165) is 34.9 Å². The highest BCUT2D eigenvalue weighted by atomic mass is 16.5. The van der Waals surface area contributed by atoms with E-state index < -0.39 is 0 Å². The smallest absolute Gasteiger partial charge is 0.134 e. The summed E-state index contributed by atoms with van der Waals surface area (Å²) in [6.45, 7) is 2.79. The number of ether oxygens (including phenoxy) is 2. The molecular weight excluding hydrogens is 244 g/mol. The van der Waals surface area contributed by atoms with Crippen LogP contribution in [0.5, 0.6) is 11.5 Å². The number of aryl methyl sites for hydroxylation is 1. The van der Waals surface area contributed by atoms with Gasteiger partial charge in [-0.15, -0.1) is 0 Å². The minimum atomic E-state index is 0.376. The van der Waals surface area contributed by atoms with Gasteiger partial charge in [0.05, 0.1) is 7.11 Å². The van der Waals surface area contributed by atoms with Gasteiger partial charge in [-0.25, -0.2) is 0 Å². The molecule has 0 bridgehead atoms. The van der Waals surface area contributed by atoms with Gasteiger partial charge in [-0.3, -0.25) is 0 Å². The standard InChI is InChI=1S/C14H18N2O3/c1-10-7-12(16-19-10)9-18-14-4-3-13(17-2)8-11(14)5-6-15/h3-4,7-8H,5-6,9,15H2,1-2H3. The van der Waals surface area contributed by atoms with Gasteiger partial charge in [-0.1, -0.05) is 5.16 Å². The molecule has 0 radical (unpaired) electrons. The van der Waals surface area contributed by atoms with Gasteiger partial charge in [-0.2, -0.15) is 0 Å². The fourth-order valence-corrected chi connectivity index (χ4v) is 1.81. The van der Waals surface area contributed by atoms with Crippen LogP contribution in [-0.4, -0.2) is 18.8 Å². The van der Waals surface area contributed by atoms with Gasteiger partial charge in [0.1, 0.15) is 29.6 Å². The summed E-state index contributed by atoms with van der Waals surface area (Å²) in [5.41, 5.74) is 7.41. The van der Waals surface area contributed by atoms with Gasteiger partial charge in [0.2, 0.25) is 0 Å². The van der Waals surface area contributed by atoms with Crippen LogP contribution in [0.2, 0.25) is 0 Å². The van der Waals surface area contributed by atoms with Gasteiger partial charge in [0.25, 0.3) is 0 Å². The average Bonchev–Trinajstić information content (AvgIpc) is 2.83. The van der Waals surface area contributed by atoms with Gasteiger partial charge >= 0.3 is 0 Å². The first-order valence-electron chi connectivity index (χ1n) is 6.15. The summed E-state index contributed by atoms with van der Waals surface area (Å²) in [7, 11) is 1.64. The van der Waals surface area contributed by atoms with Gasteiger partial charge in [0, 0.05) is 6.07 Å². The Morgan fingerprint density at radius 3 is 2.79 bits per heavy atom. The third-order valence-corrected chi connectivity index (χ3v) is 2.73. The maximum absolute atomic E-state index is 5.75. The van der Waals surface area contributed by atoms with E-state index in [9.17, 15) is 0 Å². The van der Waals surface area contributed by atoms with Crippen LogP contribution in [0.25, 0.3) is 0 Å². The Morgan fingerprint density at radius 2 is 2.16 bits per heavy atom. The lowest BCUT2D eigenvalue weighted by atomic mass is 10.1. The molecule has 0 aliphatic carbocycles. The monoisotopic (exact) mass is 262 g/mol. The van der Waals surface area contributed by atoms with Crippen LogP contribution in [0, 0.1) is 6.92 Å². The van der Waals surface area contributed by atoms with Crippen molar-refractivity contribution in [1.82, 2.24) is 5.16 Å². The van der Waals surface area contributed by atoms with Crippen LogP contribution in [0.15, 0.2) is 28.8 Å². The first-order valence-corrected chi connectivity index (χ1v) is 6.15. The van der Waals surface area contributed by atoms with Gasteiger partial charge in [0.15, 0.2) is 0 Å². The molecule has 0 saturated carbocycles. The van der Waals surface area contributed by atoms with Crippen molar-refractivity contribution in [2.45, 2.75) is 20.0 Å². The summed E-state index contributed by atoms with van der Waals surface area (Å²) in [5.74, 6) is 2.37. The fraction of sp³-hybridized carbons (Fsp3) is 0.357. The minimum Gasteiger partial charge on any atom is -0.497 e. The Balaban J connectivity index is 2.10. The van der Waals surface area contributed by atoms with E-state index in [2.05, 4.69) is 5.16 Å². The second-order valence-electron chi connectivity index (χ2n) is 4.23. The maximum Gasteiger partial charge on any atom is 0.134 e.